The van der Waals surface area contributed by atoms with Crippen LogP contribution in [0.3, 0.4) is 0 Å². The van der Waals surface area contributed by atoms with Crippen molar-refractivity contribution in [3.8, 4) is 0 Å². The third-order valence-corrected chi connectivity index (χ3v) is 6.19. The highest BCUT2D eigenvalue weighted by Crippen LogP contribution is 2.31. The summed E-state index contributed by atoms with van der Waals surface area (Å²) in [6.45, 7) is 1.25. The van der Waals surface area contributed by atoms with Gasteiger partial charge in [0.2, 0.25) is 5.95 Å². The van der Waals surface area contributed by atoms with Crippen molar-refractivity contribution in [2.45, 2.75) is 38.8 Å². The fourth-order valence-corrected chi connectivity index (χ4v) is 4.14. The van der Waals surface area contributed by atoms with Gasteiger partial charge in [-0.05, 0) is 50.0 Å². The molecule has 2 aliphatic rings. The quantitative estimate of drug-likeness (QED) is 0.425. The number of hydrogen-bond donors (Lipinski definition) is 2. The third-order valence-electron chi connectivity index (χ3n) is 6.19. The number of nitrogens with zero attached hydrogens (tertiary/aromatic N) is 3. The van der Waals surface area contributed by atoms with E-state index in [9.17, 15) is 27.2 Å². The number of nitrogens with one attached hydrogen (secondary N) is 2. The molecule has 35 heavy (non-hydrogen) atoms. The number of aromatic amines is 1. The molecule has 0 radical (unpaired) electrons. The Morgan fingerprint density at radius 1 is 1.20 bits per heavy atom. The normalized spacial score (nSPS) is 16.7. The van der Waals surface area contributed by atoms with Crippen LogP contribution in [-0.4, -0.2) is 44.9 Å². The van der Waals surface area contributed by atoms with Gasteiger partial charge in [0.25, 0.3) is 11.5 Å². The smallest absolute Gasteiger partial charge is 0.270 e. The van der Waals surface area contributed by atoms with E-state index in [1.165, 1.54) is 19.1 Å². The number of amides is 1. The monoisotopic (exact) mass is 487 g/mol. The summed E-state index contributed by atoms with van der Waals surface area (Å²) in [5.41, 5.74) is -1.30. The maximum atomic E-state index is 15.0. The SMILES string of the molecule is Cc1nc2c(F)cc(CN3CCC(c4ccc(C(=O)NC5CC5)nc4F)=C(F)C3)c(F)c2[nH]c1=O. The highest BCUT2D eigenvalue weighted by molar-refractivity contribution is 5.93. The van der Waals surface area contributed by atoms with Gasteiger partial charge in [0, 0.05) is 30.3 Å². The van der Waals surface area contributed by atoms with Gasteiger partial charge in [0.1, 0.15) is 28.2 Å². The molecule has 1 saturated carbocycles. The summed E-state index contributed by atoms with van der Waals surface area (Å²) in [7, 11) is 0. The Bertz CT molecular complexity index is 1450. The fourth-order valence-electron chi connectivity index (χ4n) is 4.14. The van der Waals surface area contributed by atoms with E-state index >= 15 is 0 Å². The van der Waals surface area contributed by atoms with Crippen molar-refractivity contribution in [1.82, 2.24) is 25.2 Å². The number of aromatic nitrogens is 3. The van der Waals surface area contributed by atoms with Crippen molar-refractivity contribution in [3.63, 3.8) is 0 Å². The van der Waals surface area contributed by atoms with Crippen LogP contribution in [0, 0.1) is 24.5 Å². The average molecular weight is 487 g/mol. The molecule has 7 nitrogen and oxygen atoms in total. The molecule has 0 atom stereocenters. The van der Waals surface area contributed by atoms with E-state index in [1.807, 2.05) is 0 Å². The van der Waals surface area contributed by atoms with Crippen LogP contribution in [0.4, 0.5) is 17.6 Å². The molecule has 0 saturated heterocycles. The van der Waals surface area contributed by atoms with Crippen LogP contribution in [0.15, 0.2) is 28.8 Å². The van der Waals surface area contributed by atoms with Gasteiger partial charge in [-0.1, -0.05) is 0 Å². The Morgan fingerprint density at radius 3 is 2.66 bits per heavy atom. The van der Waals surface area contributed by atoms with E-state index in [-0.39, 0.29) is 71.2 Å². The predicted octanol–water partition coefficient (Wildman–Crippen LogP) is 3.52. The zero-order valence-electron chi connectivity index (χ0n) is 18.7. The van der Waals surface area contributed by atoms with Crippen LogP contribution in [0.2, 0.25) is 0 Å². The maximum Gasteiger partial charge on any atom is 0.270 e. The molecule has 0 bridgehead atoms. The molecule has 3 aromatic rings. The highest BCUT2D eigenvalue weighted by atomic mass is 19.1. The van der Waals surface area contributed by atoms with Gasteiger partial charge in [-0.25, -0.2) is 23.1 Å². The molecule has 0 spiro atoms. The number of carbonyl (C=O) groups is 1. The molecule has 2 aromatic heterocycles. The predicted molar refractivity (Wildman–Crippen MR) is 120 cm³/mol. The zero-order chi connectivity index (χ0) is 24.9. The van der Waals surface area contributed by atoms with Crippen LogP contribution in [0.5, 0.6) is 0 Å². The summed E-state index contributed by atoms with van der Waals surface area (Å²) >= 11 is 0. The van der Waals surface area contributed by atoms with Gasteiger partial charge in [0.05, 0.1) is 6.54 Å². The average Bonchev–Trinajstić information content (AvgIpc) is 3.63. The summed E-state index contributed by atoms with van der Waals surface area (Å²) in [6.07, 6.45) is 1.86. The molecule has 1 fully saturated rings. The van der Waals surface area contributed by atoms with Gasteiger partial charge in [0.15, 0.2) is 11.6 Å². The molecular weight excluding hydrogens is 466 g/mol. The van der Waals surface area contributed by atoms with E-state index in [4.69, 9.17) is 0 Å². The lowest BCUT2D eigenvalue weighted by molar-refractivity contribution is 0.0945. The second-order valence-corrected chi connectivity index (χ2v) is 8.83. The van der Waals surface area contributed by atoms with Gasteiger partial charge < -0.3 is 10.3 Å². The zero-order valence-corrected chi connectivity index (χ0v) is 18.7. The van der Waals surface area contributed by atoms with E-state index in [1.54, 1.807) is 4.90 Å². The van der Waals surface area contributed by atoms with E-state index < -0.39 is 34.9 Å². The van der Waals surface area contributed by atoms with E-state index in [0.29, 0.717) is 0 Å². The number of halogens is 4. The first kappa shape index (κ1) is 23.2. The number of fused-ring (bicyclic) bond motifs is 1. The minimum atomic E-state index is -0.943. The van der Waals surface area contributed by atoms with Crippen molar-refractivity contribution >= 4 is 22.5 Å². The van der Waals surface area contributed by atoms with Crippen LogP contribution >= 0.6 is 0 Å². The number of carbonyl (C=O) groups excluding carboxylic acids is 1. The van der Waals surface area contributed by atoms with Crippen LogP contribution in [0.1, 0.15) is 46.6 Å². The molecule has 5 rings (SSSR count). The van der Waals surface area contributed by atoms with Crippen molar-refractivity contribution in [3.05, 3.63) is 74.5 Å². The summed E-state index contributed by atoms with van der Waals surface area (Å²) in [5, 5.41) is 2.72. The van der Waals surface area contributed by atoms with Crippen molar-refractivity contribution < 1.29 is 22.4 Å². The first-order valence-electron chi connectivity index (χ1n) is 11.2. The second kappa shape index (κ2) is 8.88. The molecule has 1 amide bonds. The van der Waals surface area contributed by atoms with Crippen molar-refractivity contribution in [1.29, 1.82) is 0 Å². The molecule has 3 heterocycles. The Morgan fingerprint density at radius 2 is 1.97 bits per heavy atom. The molecule has 1 aliphatic carbocycles. The van der Waals surface area contributed by atoms with Crippen LogP contribution in [-0.2, 0) is 6.54 Å². The first-order chi connectivity index (χ1) is 16.7. The Hall–Kier alpha value is -3.60. The Kier molecular flexibility index (Phi) is 5.87. The minimum Gasteiger partial charge on any atom is -0.348 e. The molecule has 2 N–H and O–H groups in total. The summed E-state index contributed by atoms with van der Waals surface area (Å²) in [6, 6.07) is 3.76. The summed E-state index contributed by atoms with van der Waals surface area (Å²) in [4.78, 5) is 35.2. The number of benzene rings is 1. The van der Waals surface area contributed by atoms with Gasteiger partial charge >= 0.3 is 0 Å². The number of hydrogen-bond acceptors (Lipinski definition) is 5. The number of aryl methyl sites for hydroxylation is 1. The lowest BCUT2D eigenvalue weighted by Gasteiger charge is -2.28. The maximum absolute atomic E-state index is 15.0. The van der Waals surface area contributed by atoms with Crippen LogP contribution in [0.25, 0.3) is 16.6 Å². The largest absolute Gasteiger partial charge is 0.348 e. The standard InChI is InChI=1S/C24H21F4N5O2/c1-11-23(34)32-21-19(27)12(8-16(25)20(21)29-11)9-33-7-6-14(17(26)10-33)15-4-5-18(31-22(15)28)24(35)30-13-2-3-13/h4-5,8,13H,2-3,6-7,9-10H2,1H3,(H,30,35)(H,32,34). The number of H-pyrrole nitrogens is 1. The molecule has 0 unspecified atom stereocenters. The lowest BCUT2D eigenvalue weighted by atomic mass is 9.99. The molecular formula is C24H21F4N5O2. The molecule has 11 heteroatoms. The van der Waals surface area contributed by atoms with Crippen LogP contribution < -0.4 is 10.9 Å². The van der Waals surface area contributed by atoms with E-state index in [0.717, 1.165) is 18.9 Å². The number of rotatable bonds is 5. The minimum absolute atomic E-state index is 0.0117. The Labute approximate surface area is 196 Å². The second-order valence-electron chi connectivity index (χ2n) is 8.83. The lowest BCUT2D eigenvalue weighted by Crippen LogP contribution is -2.31. The highest BCUT2D eigenvalue weighted by Gasteiger charge is 2.27. The van der Waals surface area contributed by atoms with Crippen molar-refractivity contribution in [2.24, 2.45) is 0 Å². The summed E-state index contributed by atoms with van der Waals surface area (Å²) in [5.74, 6) is -3.68. The van der Waals surface area contributed by atoms with Gasteiger partial charge in [-0.2, -0.15) is 4.39 Å². The topological polar surface area (TPSA) is 91.0 Å². The first-order valence-corrected chi connectivity index (χ1v) is 11.2. The third kappa shape index (κ3) is 4.55. The molecule has 1 aromatic carbocycles. The van der Waals surface area contributed by atoms with Crippen molar-refractivity contribution in [2.75, 3.05) is 13.1 Å². The Balaban J connectivity index is 1.35. The van der Waals surface area contributed by atoms with Gasteiger partial charge in [-0.3, -0.25) is 14.5 Å². The summed E-state index contributed by atoms with van der Waals surface area (Å²) < 4.78 is 59.1. The number of pyridine rings is 1. The molecule has 182 valence electrons. The fraction of sp³-hybridized carbons (Fsp3) is 0.333. The molecule has 1 aliphatic heterocycles. The van der Waals surface area contributed by atoms with E-state index in [2.05, 4.69) is 20.3 Å². The van der Waals surface area contributed by atoms with Gasteiger partial charge in [-0.15, -0.1) is 0 Å².